The summed E-state index contributed by atoms with van der Waals surface area (Å²) in [6, 6.07) is 16.9. The number of imidazole rings is 1. The SMILES string of the molecule is c1ccc(-n2cnc3ccccc32)c(N2CCCC2)c1. The van der Waals surface area contributed by atoms with Crippen molar-refractivity contribution in [3.8, 4) is 5.69 Å². The molecule has 1 aliphatic rings. The zero-order valence-corrected chi connectivity index (χ0v) is 11.4. The van der Waals surface area contributed by atoms with E-state index < -0.39 is 0 Å². The molecule has 0 N–H and O–H groups in total. The standard InChI is InChI=1S/C17H17N3/c1-2-8-15-14(7-1)18-13-20(15)17-10-4-3-9-16(17)19-11-5-6-12-19/h1-4,7-10,13H,5-6,11-12H2. The van der Waals surface area contributed by atoms with Gasteiger partial charge in [0.05, 0.1) is 22.4 Å². The van der Waals surface area contributed by atoms with Gasteiger partial charge in [-0.3, -0.25) is 4.57 Å². The number of anilines is 1. The number of hydrogen-bond donors (Lipinski definition) is 0. The molecule has 1 saturated heterocycles. The predicted molar refractivity (Wildman–Crippen MR) is 82.5 cm³/mol. The average Bonchev–Trinajstić information content (AvgIpc) is 3.17. The van der Waals surface area contributed by atoms with E-state index in [4.69, 9.17) is 0 Å². The van der Waals surface area contributed by atoms with Gasteiger partial charge in [0.2, 0.25) is 0 Å². The summed E-state index contributed by atoms with van der Waals surface area (Å²) in [5.41, 5.74) is 4.75. The molecule has 0 saturated carbocycles. The van der Waals surface area contributed by atoms with Gasteiger partial charge in [0.1, 0.15) is 6.33 Å². The van der Waals surface area contributed by atoms with Gasteiger partial charge >= 0.3 is 0 Å². The molecule has 0 spiro atoms. The van der Waals surface area contributed by atoms with Crippen molar-refractivity contribution in [2.75, 3.05) is 18.0 Å². The van der Waals surface area contributed by atoms with Crippen molar-refractivity contribution in [2.45, 2.75) is 12.8 Å². The topological polar surface area (TPSA) is 21.1 Å². The van der Waals surface area contributed by atoms with Gasteiger partial charge in [-0.25, -0.2) is 4.98 Å². The maximum Gasteiger partial charge on any atom is 0.100 e. The van der Waals surface area contributed by atoms with E-state index in [2.05, 4.69) is 56.9 Å². The Hall–Kier alpha value is -2.29. The molecular weight excluding hydrogens is 246 g/mol. The fourth-order valence-electron chi connectivity index (χ4n) is 3.04. The molecule has 3 heteroatoms. The van der Waals surface area contributed by atoms with E-state index in [1.165, 1.54) is 29.7 Å². The molecule has 0 aliphatic carbocycles. The van der Waals surface area contributed by atoms with Crippen LogP contribution in [0.2, 0.25) is 0 Å². The Morgan fingerprint density at radius 3 is 2.35 bits per heavy atom. The van der Waals surface area contributed by atoms with Crippen LogP contribution in [0.25, 0.3) is 16.7 Å². The molecule has 1 aromatic heterocycles. The van der Waals surface area contributed by atoms with Crippen LogP contribution in [-0.2, 0) is 0 Å². The molecule has 20 heavy (non-hydrogen) atoms. The highest BCUT2D eigenvalue weighted by atomic mass is 15.2. The first-order valence-corrected chi connectivity index (χ1v) is 7.20. The van der Waals surface area contributed by atoms with E-state index in [0.717, 1.165) is 18.6 Å². The minimum absolute atomic E-state index is 1.05. The largest absolute Gasteiger partial charge is 0.370 e. The Morgan fingerprint density at radius 1 is 0.800 bits per heavy atom. The fourth-order valence-corrected chi connectivity index (χ4v) is 3.04. The third-order valence-electron chi connectivity index (χ3n) is 4.04. The number of rotatable bonds is 2. The second kappa shape index (κ2) is 4.67. The summed E-state index contributed by atoms with van der Waals surface area (Å²) >= 11 is 0. The number of para-hydroxylation sites is 4. The van der Waals surface area contributed by atoms with Crippen LogP contribution in [0, 0.1) is 0 Å². The molecule has 0 amide bonds. The molecule has 4 rings (SSSR count). The van der Waals surface area contributed by atoms with Gasteiger partial charge < -0.3 is 4.90 Å². The zero-order valence-electron chi connectivity index (χ0n) is 11.4. The lowest BCUT2D eigenvalue weighted by Crippen LogP contribution is -2.19. The Bertz CT molecular complexity index is 739. The van der Waals surface area contributed by atoms with Gasteiger partial charge in [-0.05, 0) is 37.1 Å². The summed E-state index contributed by atoms with van der Waals surface area (Å²) in [5, 5.41) is 0. The lowest BCUT2D eigenvalue weighted by atomic mass is 10.2. The van der Waals surface area contributed by atoms with Crippen LogP contribution in [0.5, 0.6) is 0 Å². The lowest BCUT2D eigenvalue weighted by molar-refractivity contribution is 0.949. The third kappa shape index (κ3) is 1.78. The number of aromatic nitrogens is 2. The molecule has 3 nitrogen and oxygen atoms in total. The van der Waals surface area contributed by atoms with E-state index in [1.54, 1.807) is 0 Å². The monoisotopic (exact) mass is 263 g/mol. The van der Waals surface area contributed by atoms with E-state index in [-0.39, 0.29) is 0 Å². The third-order valence-corrected chi connectivity index (χ3v) is 4.04. The molecule has 1 fully saturated rings. The Morgan fingerprint density at radius 2 is 1.50 bits per heavy atom. The maximum absolute atomic E-state index is 4.51. The van der Waals surface area contributed by atoms with Gasteiger partial charge in [0.15, 0.2) is 0 Å². The number of nitrogens with zero attached hydrogens (tertiary/aromatic N) is 3. The van der Waals surface area contributed by atoms with Crippen molar-refractivity contribution in [1.29, 1.82) is 0 Å². The predicted octanol–water partition coefficient (Wildman–Crippen LogP) is 3.63. The minimum Gasteiger partial charge on any atom is -0.370 e. The average molecular weight is 263 g/mol. The quantitative estimate of drug-likeness (QED) is 0.704. The highest BCUT2D eigenvalue weighted by Gasteiger charge is 2.17. The second-order valence-corrected chi connectivity index (χ2v) is 5.29. The van der Waals surface area contributed by atoms with Crippen LogP contribution < -0.4 is 4.90 Å². The molecule has 0 radical (unpaired) electrons. The number of hydrogen-bond acceptors (Lipinski definition) is 2. The van der Waals surface area contributed by atoms with Gasteiger partial charge in [-0.1, -0.05) is 24.3 Å². The van der Waals surface area contributed by atoms with Crippen LogP contribution in [-0.4, -0.2) is 22.6 Å². The zero-order chi connectivity index (χ0) is 13.4. The second-order valence-electron chi connectivity index (χ2n) is 5.29. The Kier molecular flexibility index (Phi) is 2.69. The molecule has 1 aliphatic heterocycles. The first kappa shape index (κ1) is 11.5. The molecule has 0 atom stereocenters. The number of fused-ring (bicyclic) bond motifs is 1. The molecular formula is C17H17N3. The van der Waals surface area contributed by atoms with Crippen LogP contribution >= 0.6 is 0 Å². The Labute approximate surface area is 118 Å². The maximum atomic E-state index is 4.51. The van der Waals surface area contributed by atoms with Gasteiger partial charge in [0.25, 0.3) is 0 Å². The minimum atomic E-state index is 1.05. The van der Waals surface area contributed by atoms with E-state index in [9.17, 15) is 0 Å². The molecule has 0 bridgehead atoms. The summed E-state index contributed by atoms with van der Waals surface area (Å²) in [4.78, 5) is 6.98. The van der Waals surface area contributed by atoms with Crippen molar-refractivity contribution < 1.29 is 0 Å². The summed E-state index contributed by atoms with van der Waals surface area (Å²) < 4.78 is 2.20. The molecule has 2 aromatic carbocycles. The Balaban J connectivity index is 1.89. The van der Waals surface area contributed by atoms with Gasteiger partial charge in [0, 0.05) is 13.1 Å². The lowest BCUT2D eigenvalue weighted by Gasteiger charge is -2.21. The molecule has 100 valence electrons. The molecule has 0 unspecified atom stereocenters. The first-order chi connectivity index (χ1) is 9.93. The van der Waals surface area contributed by atoms with Gasteiger partial charge in [-0.2, -0.15) is 0 Å². The van der Waals surface area contributed by atoms with E-state index >= 15 is 0 Å². The van der Waals surface area contributed by atoms with Crippen LogP contribution in [0.15, 0.2) is 54.9 Å². The number of benzene rings is 2. The van der Waals surface area contributed by atoms with Crippen LogP contribution in [0.1, 0.15) is 12.8 Å². The van der Waals surface area contributed by atoms with Crippen LogP contribution in [0.4, 0.5) is 5.69 Å². The fraction of sp³-hybridized carbons (Fsp3) is 0.235. The van der Waals surface area contributed by atoms with Crippen LogP contribution in [0.3, 0.4) is 0 Å². The summed E-state index contributed by atoms with van der Waals surface area (Å²) in [6.07, 6.45) is 4.51. The van der Waals surface area contributed by atoms with E-state index in [1.807, 2.05) is 12.4 Å². The van der Waals surface area contributed by atoms with Crippen molar-refractivity contribution in [1.82, 2.24) is 9.55 Å². The first-order valence-electron chi connectivity index (χ1n) is 7.20. The van der Waals surface area contributed by atoms with E-state index in [0.29, 0.717) is 0 Å². The summed E-state index contributed by atoms with van der Waals surface area (Å²) in [5.74, 6) is 0. The normalized spacial score (nSPS) is 15.1. The molecule has 2 heterocycles. The molecule has 3 aromatic rings. The highest BCUT2D eigenvalue weighted by Crippen LogP contribution is 2.29. The highest BCUT2D eigenvalue weighted by molar-refractivity contribution is 5.79. The van der Waals surface area contributed by atoms with Crippen molar-refractivity contribution in [3.05, 3.63) is 54.9 Å². The van der Waals surface area contributed by atoms with Gasteiger partial charge in [-0.15, -0.1) is 0 Å². The summed E-state index contributed by atoms with van der Waals surface area (Å²) in [6.45, 7) is 2.31. The smallest absolute Gasteiger partial charge is 0.100 e. The van der Waals surface area contributed by atoms with Crippen molar-refractivity contribution in [3.63, 3.8) is 0 Å². The van der Waals surface area contributed by atoms with Crippen molar-refractivity contribution in [2.24, 2.45) is 0 Å². The van der Waals surface area contributed by atoms with Crippen molar-refractivity contribution >= 4 is 16.7 Å². The summed E-state index contributed by atoms with van der Waals surface area (Å²) in [7, 11) is 0.